The lowest BCUT2D eigenvalue weighted by atomic mass is 10.2. The second-order valence-electron chi connectivity index (χ2n) is 4.05. The van der Waals surface area contributed by atoms with E-state index in [9.17, 15) is 13.2 Å². The zero-order valence-electron chi connectivity index (χ0n) is 9.65. The van der Waals surface area contributed by atoms with E-state index < -0.39 is 21.8 Å². The van der Waals surface area contributed by atoms with Crippen LogP contribution in [-0.2, 0) is 14.8 Å². The number of carbonyl (C=O) groups excluding carboxylic acids is 1. The molecule has 0 bridgehead atoms. The van der Waals surface area contributed by atoms with E-state index in [1.54, 1.807) is 12.1 Å². The van der Waals surface area contributed by atoms with Crippen LogP contribution in [0.5, 0.6) is 0 Å². The molecule has 0 aliphatic carbocycles. The number of nitrogens with zero attached hydrogens (tertiary/aromatic N) is 3. The molecule has 0 radical (unpaired) electrons. The Balaban J connectivity index is 2.22. The number of hydrogen-bond donors (Lipinski definition) is 0. The van der Waals surface area contributed by atoms with Gasteiger partial charge >= 0.3 is 6.21 Å². The highest BCUT2D eigenvalue weighted by Gasteiger charge is 2.49. The molecule has 2 rings (SSSR count). The molecule has 7 heteroatoms. The van der Waals surface area contributed by atoms with E-state index in [4.69, 9.17) is 5.53 Å². The number of Topliss-reactive ketones (excluding diaryl/α,β-unsaturated/α-hetero) is 1. The molecule has 1 unspecified atom stereocenters. The summed E-state index contributed by atoms with van der Waals surface area (Å²) in [5.41, 5.74) is 9.19. The van der Waals surface area contributed by atoms with Crippen LogP contribution in [-0.4, -0.2) is 42.1 Å². The van der Waals surface area contributed by atoms with Gasteiger partial charge in [0.05, 0.1) is 4.90 Å². The fraction of sp³-hybridized carbons (Fsp3) is 0.273. The SMILES string of the molecule is Cc1ccc(S(=O)(=O)N2C[C@H]2C(=O)C=[N+]=[N-])cc1. The molecule has 1 aliphatic heterocycles. The van der Waals surface area contributed by atoms with E-state index >= 15 is 0 Å². The van der Waals surface area contributed by atoms with Crippen molar-refractivity contribution >= 4 is 22.0 Å². The van der Waals surface area contributed by atoms with Crippen molar-refractivity contribution in [3.05, 3.63) is 35.4 Å². The van der Waals surface area contributed by atoms with Gasteiger partial charge in [-0.15, -0.1) is 0 Å². The Morgan fingerprint density at radius 2 is 2.06 bits per heavy atom. The predicted molar refractivity (Wildman–Crippen MR) is 63.5 cm³/mol. The summed E-state index contributed by atoms with van der Waals surface area (Å²) in [4.78, 5) is 14.1. The number of carbonyl (C=O) groups is 1. The first-order chi connectivity index (χ1) is 8.46. The maximum atomic E-state index is 12.1. The quantitative estimate of drug-likeness (QED) is 0.338. The molecule has 0 saturated carbocycles. The minimum absolute atomic E-state index is 0.126. The normalized spacial score (nSPS) is 22.1. The molecular formula is C11H11N3O3S. The van der Waals surface area contributed by atoms with Gasteiger partial charge in [-0.1, -0.05) is 17.7 Å². The lowest BCUT2D eigenvalue weighted by Crippen LogP contribution is -2.20. The van der Waals surface area contributed by atoms with Crippen molar-refractivity contribution in [1.29, 1.82) is 0 Å². The second-order valence-corrected chi connectivity index (χ2v) is 5.94. The molecular weight excluding hydrogens is 254 g/mol. The van der Waals surface area contributed by atoms with Crippen LogP contribution in [0.4, 0.5) is 0 Å². The Bertz CT molecular complexity index is 630. The molecule has 2 atom stereocenters. The van der Waals surface area contributed by atoms with Crippen molar-refractivity contribution in [2.75, 3.05) is 6.54 Å². The molecule has 0 spiro atoms. The molecule has 1 saturated heterocycles. The molecule has 1 fully saturated rings. The fourth-order valence-electron chi connectivity index (χ4n) is 1.61. The Kier molecular flexibility index (Phi) is 3.13. The minimum atomic E-state index is -3.63. The number of rotatable bonds is 4. The molecule has 1 aromatic carbocycles. The van der Waals surface area contributed by atoms with Gasteiger partial charge in [-0.2, -0.15) is 9.10 Å². The van der Waals surface area contributed by atoms with Crippen LogP contribution >= 0.6 is 0 Å². The Labute approximate surface area is 105 Å². The molecule has 1 aliphatic rings. The maximum absolute atomic E-state index is 12.1. The number of hydrogen-bond acceptors (Lipinski definition) is 3. The lowest BCUT2D eigenvalue weighted by Gasteiger charge is -2.04. The zero-order chi connectivity index (χ0) is 13.3. The van der Waals surface area contributed by atoms with E-state index in [1.165, 1.54) is 12.1 Å². The Morgan fingerprint density at radius 1 is 1.44 bits per heavy atom. The summed E-state index contributed by atoms with van der Waals surface area (Å²) in [6.45, 7) is 1.99. The van der Waals surface area contributed by atoms with Crippen LogP contribution < -0.4 is 0 Å². The van der Waals surface area contributed by atoms with Crippen molar-refractivity contribution in [2.45, 2.75) is 17.9 Å². The highest BCUT2D eigenvalue weighted by atomic mass is 32.2. The maximum Gasteiger partial charge on any atom is 0.324 e. The van der Waals surface area contributed by atoms with Gasteiger partial charge in [0.2, 0.25) is 10.0 Å². The number of sulfonamides is 1. The van der Waals surface area contributed by atoms with Crippen LogP contribution in [0.2, 0.25) is 0 Å². The van der Waals surface area contributed by atoms with Gasteiger partial charge in [0.25, 0.3) is 5.78 Å². The molecule has 0 amide bonds. The summed E-state index contributed by atoms with van der Waals surface area (Å²) in [6.07, 6.45) is 0.718. The summed E-state index contributed by atoms with van der Waals surface area (Å²) >= 11 is 0. The third kappa shape index (κ3) is 2.24. The van der Waals surface area contributed by atoms with Gasteiger partial charge in [-0.05, 0) is 19.1 Å². The van der Waals surface area contributed by atoms with E-state index in [-0.39, 0.29) is 11.4 Å². The summed E-state index contributed by atoms with van der Waals surface area (Å²) in [5.74, 6) is -0.520. The molecule has 6 nitrogen and oxygen atoms in total. The minimum Gasteiger partial charge on any atom is -0.361 e. The summed E-state index contributed by atoms with van der Waals surface area (Å²) in [5, 5.41) is 0. The third-order valence-corrected chi connectivity index (χ3v) is 4.60. The smallest absolute Gasteiger partial charge is 0.324 e. The van der Waals surface area contributed by atoms with Crippen molar-refractivity contribution in [3.63, 3.8) is 0 Å². The average Bonchev–Trinajstić information content (AvgIpc) is 3.10. The molecule has 94 valence electrons. The topological polar surface area (TPSA) is 90.6 Å². The van der Waals surface area contributed by atoms with Crippen LogP contribution in [0.1, 0.15) is 5.56 Å². The highest BCUT2D eigenvalue weighted by Crippen LogP contribution is 2.28. The monoisotopic (exact) mass is 265 g/mol. The van der Waals surface area contributed by atoms with E-state index in [2.05, 4.69) is 4.79 Å². The second kappa shape index (κ2) is 4.45. The average molecular weight is 265 g/mol. The van der Waals surface area contributed by atoms with Crippen molar-refractivity contribution in [2.24, 2.45) is 0 Å². The van der Waals surface area contributed by atoms with Gasteiger partial charge in [-0.25, -0.2) is 8.42 Å². The molecule has 1 aromatic rings. The van der Waals surface area contributed by atoms with E-state index in [0.717, 1.165) is 16.1 Å². The first-order valence-corrected chi connectivity index (χ1v) is 6.70. The largest absolute Gasteiger partial charge is 0.361 e. The van der Waals surface area contributed by atoms with Crippen LogP contribution in [0.3, 0.4) is 0 Å². The van der Waals surface area contributed by atoms with Crippen molar-refractivity contribution < 1.29 is 18.0 Å². The van der Waals surface area contributed by atoms with Crippen LogP contribution in [0, 0.1) is 6.92 Å². The third-order valence-electron chi connectivity index (χ3n) is 2.71. The summed E-state index contributed by atoms with van der Waals surface area (Å²) in [7, 11) is -3.63. The van der Waals surface area contributed by atoms with E-state index in [1.807, 2.05) is 6.92 Å². The van der Waals surface area contributed by atoms with Crippen LogP contribution in [0.15, 0.2) is 29.2 Å². The number of ketones is 1. The standard InChI is InChI=1S/C11H11N3O3S/c1-8-2-4-9(5-3-8)18(16,17)14-7-10(14)11(15)6-13-12/h2-6,10H,7H2,1H3/t10-,14?/m0/s1. The first-order valence-electron chi connectivity index (χ1n) is 5.26. The Morgan fingerprint density at radius 3 is 2.61 bits per heavy atom. The number of aryl methyl sites for hydroxylation is 1. The van der Waals surface area contributed by atoms with E-state index in [0.29, 0.717) is 0 Å². The predicted octanol–water partition coefficient (Wildman–Crippen LogP) is 0.238. The molecule has 1 heterocycles. The van der Waals surface area contributed by atoms with Gasteiger partial charge in [0.15, 0.2) is 0 Å². The van der Waals surface area contributed by atoms with Gasteiger partial charge in [-0.3, -0.25) is 4.79 Å². The molecule has 0 N–H and O–H groups in total. The van der Waals surface area contributed by atoms with Crippen molar-refractivity contribution in [3.8, 4) is 0 Å². The number of benzene rings is 1. The molecule has 0 aromatic heterocycles. The van der Waals surface area contributed by atoms with Crippen molar-refractivity contribution in [1.82, 2.24) is 4.31 Å². The Hall–Kier alpha value is -1.82. The van der Waals surface area contributed by atoms with Gasteiger partial charge < -0.3 is 5.53 Å². The molecule has 18 heavy (non-hydrogen) atoms. The fourth-order valence-corrected chi connectivity index (χ4v) is 3.14. The van der Waals surface area contributed by atoms with Crippen LogP contribution in [0.25, 0.3) is 5.53 Å². The van der Waals surface area contributed by atoms with Gasteiger partial charge in [0, 0.05) is 6.54 Å². The zero-order valence-corrected chi connectivity index (χ0v) is 10.5. The lowest BCUT2D eigenvalue weighted by molar-refractivity contribution is -0.115. The first kappa shape index (κ1) is 12.6. The van der Waals surface area contributed by atoms with Gasteiger partial charge in [0.1, 0.15) is 6.04 Å². The summed E-state index contributed by atoms with van der Waals surface area (Å²) in [6, 6.07) is 5.66. The highest BCUT2D eigenvalue weighted by molar-refractivity contribution is 7.89. The summed E-state index contributed by atoms with van der Waals surface area (Å²) < 4.78 is 25.3.